The number of rotatable bonds is 8. The summed E-state index contributed by atoms with van der Waals surface area (Å²) in [7, 11) is 0. The third-order valence-corrected chi connectivity index (χ3v) is 4.60. The van der Waals surface area contributed by atoms with Crippen molar-refractivity contribution in [2.45, 2.75) is 57.5 Å². The molecule has 21 heavy (non-hydrogen) atoms. The SMILES string of the molecule is CCNC(=NCCN(CC1CC1)C1CC1)NC1CC=CC1. The lowest BCUT2D eigenvalue weighted by atomic mass is 10.2. The Morgan fingerprint density at radius 3 is 2.57 bits per heavy atom. The minimum atomic E-state index is 0.536. The van der Waals surface area contributed by atoms with Gasteiger partial charge in [0.2, 0.25) is 0 Å². The Kier molecular flexibility index (Phi) is 5.17. The zero-order valence-electron chi connectivity index (χ0n) is 13.4. The van der Waals surface area contributed by atoms with Gasteiger partial charge in [0.1, 0.15) is 0 Å². The number of guanidine groups is 1. The first-order chi connectivity index (χ1) is 10.3. The fraction of sp³-hybridized carbons (Fsp3) is 0.824. The summed E-state index contributed by atoms with van der Waals surface area (Å²) in [5.74, 6) is 1.99. The largest absolute Gasteiger partial charge is 0.357 e. The van der Waals surface area contributed by atoms with E-state index in [0.717, 1.165) is 50.4 Å². The summed E-state index contributed by atoms with van der Waals surface area (Å²) in [6.07, 6.45) is 12.5. The average Bonchev–Trinajstić information content (AvgIpc) is 3.39. The van der Waals surface area contributed by atoms with Crippen molar-refractivity contribution in [3.63, 3.8) is 0 Å². The average molecular weight is 290 g/mol. The number of hydrogen-bond acceptors (Lipinski definition) is 2. The summed E-state index contributed by atoms with van der Waals surface area (Å²) in [5.41, 5.74) is 0. The number of hydrogen-bond donors (Lipinski definition) is 2. The monoisotopic (exact) mass is 290 g/mol. The van der Waals surface area contributed by atoms with Crippen LogP contribution in [0.1, 0.15) is 45.4 Å². The predicted octanol–water partition coefficient (Wildman–Crippen LogP) is 2.13. The summed E-state index contributed by atoms with van der Waals surface area (Å²) >= 11 is 0. The van der Waals surface area contributed by atoms with Gasteiger partial charge in [0, 0.05) is 31.7 Å². The van der Waals surface area contributed by atoms with Gasteiger partial charge in [0.15, 0.2) is 5.96 Å². The van der Waals surface area contributed by atoms with Crippen molar-refractivity contribution in [3.8, 4) is 0 Å². The lowest BCUT2D eigenvalue weighted by molar-refractivity contribution is 0.260. The summed E-state index contributed by atoms with van der Waals surface area (Å²) in [4.78, 5) is 7.46. The van der Waals surface area contributed by atoms with Gasteiger partial charge in [-0.3, -0.25) is 9.89 Å². The lowest BCUT2D eigenvalue weighted by Crippen LogP contribution is -2.43. The third-order valence-electron chi connectivity index (χ3n) is 4.60. The van der Waals surface area contributed by atoms with E-state index < -0.39 is 0 Å². The van der Waals surface area contributed by atoms with Gasteiger partial charge in [0.05, 0.1) is 6.54 Å². The molecular weight excluding hydrogens is 260 g/mol. The van der Waals surface area contributed by atoms with Gasteiger partial charge >= 0.3 is 0 Å². The van der Waals surface area contributed by atoms with Gasteiger partial charge in [-0.1, -0.05) is 12.2 Å². The zero-order chi connectivity index (χ0) is 14.5. The van der Waals surface area contributed by atoms with E-state index in [2.05, 4.69) is 34.6 Å². The molecule has 0 atom stereocenters. The molecule has 0 bridgehead atoms. The Morgan fingerprint density at radius 2 is 1.95 bits per heavy atom. The van der Waals surface area contributed by atoms with Gasteiger partial charge in [-0.05, 0) is 51.4 Å². The van der Waals surface area contributed by atoms with Crippen LogP contribution < -0.4 is 10.6 Å². The van der Waals surface area contributed by atoms with Gasteiger partial charge < -0.3 is 10.6 Å². The molecule has 0 amide bonds. The molecule has 3 aliphatic carbocycles. The zero-order valence-corrected chi connectivity index (χ0v) is 13.4. The fourth-order valence-electron chi connectivity index (χ4n) is 3.03. The molecule has 0 aromatic carbocycles. The van der Waals surface area contributed by atoms with Gasteiger partial charge in [-0.2, -0.15) is 0 Å². The number of aliphatic imine (C=N–C) groups is 1. The van der Waals surface area contributed by atoms with Crippen LogP contribution in [0.25, 0.3) is 0 Å². The Bertz CT molecular complexity index is 374. The second-order valence-corrected chi connectivity index (χ2v) is 6.71. The molecule has 0 saturated heterocycles. The highest BCUT2D eigenvalue weighted by Crippen LogP contribution is 2.34. The van der Waals surface area contributed by atoms with E-state index in [4.69, 9.17) is 4.99 Å². The van der Waals surface area contributed by atoms with E-state index in [1.165, 1.54) is 32.2 Å². The van der Waals surface area contributed by atoms with Gasteiger partial charge in [0.25, 0.3) is 0 Å². The van der Waals surface area contributed by atoms with Crippen molar-refractivity contribution in [1.82, 2.24) is 15.5 Å². The number of nitrogens with zero attached hydrogens (tertiary/aromatic N) is 2. The van der Waals surface area contributed by atoms with Gasteiger partial charge in [-0.25, -0.2) is 0 Å². The van der Waals surface area contributed by atoms with E-state index in [-0.39, 0.29) is 0 Å². The van der Waals surface area contributed by atoms with Crippen LogP contribution >= 0.6 is 0 Å². The van der Waals surface area contributed by atoms with E-state index in [1.807, 2.05) is 0 Å². The van der Waals surface area contributed by atoms with Crippen LogP contribution in [0.2, 0.25) is 0 Å². The smallest absolute Gasteiger partial charge is 0.191 e. The van der Waals surface area contributed by atoms with Crippen molar-refractivity contribution in [2.24, 2.45) is 10.9 Å². The normalized spacial score (nSPS) is 23.0. The minimum absolute atomic E-state index is 0.536. The molecule has 2 fully saturated rings. The molecule has 0 aliphatic heterocycles. The highest BCUT2D eigenvalue weighted by atomic mass is 15.2. The second kappa shape index (κ2) is 7.30. The molecule has 3 aliphatic rings. The first-order valence-electron chi connectivity index (χ1n) is 8.79. The van der Waals surface area contributed by atoms with E-state index in [9.17, 15) is 0 Å². The molecule has 4 nitrogen and oxygen atoms in total. The van der Waals surface area contributed by atoms with Crippen LogP contribution in [0.15, 0.2) is 17.1 Å². The fourth-order valence-corrected chi connectivity index (χ4v) is 3.03. The van der Waals surface area contributed by atoms with Crippen LogP contribution in [0.3, 0.4) is 0 Å². The van der Waals surface area contributed by atoms with Crippen molar-refractivity contribution < 1.29 is 0 Å². The topological polar surface area (TPSA) is 39.7 Å². The van der Waals surface area contributed by atoms with Crippen molar-refractivity contribution in [1.29, 1.82) is 0 Å². The van der Waals surface area contributed by atoms with E-state index in [1.54, 1.807) is 0 Å². The summed E-state index contributed by atoms with van der Waals surface area (Å²) in [6, 6.07) is 1.41. The quantitative estimate of drug-likeness (QED) is 0.409. The predicted molar refractivity (Wildman–Crippen MR) is 88.6 cm³/mol. The van der Waals surface area contributed by atoms with Crippen molar-refractivity contribution in [3.05, 3.63) is 12.2 Å². The highest BCUT2D eigenvalue weighted by molar-refractivity contribution is 5.80. The van der Waals surface area contributed by atoms with Crippen LogP contribution in [0, 0.1) is 5.92 Å². The summed E-state index contributed by atoms with van der Waals surface area (Å²) < 4.78 is 0. The van der Waals surface area contributed by atoms with E-state index in [0.29, 0.717) is 6.04 Å². The first kappa shape index (κ1) is 14.9. The molecule has 3 rings (SSSR count). The molecule has 0 heterocycles. The molecule has 0 unspecified atom stereocenters. The van der Waals surface area contributed by atoms with E-state index >= 15 is 0 Å². The van der Waals surface area contributed by atoms with Crippen molar-refractivity contribution >= 4 is 5.96 Å². The summed E-state index contributed by atoms with van der Waals surface area (Å²) in [5, 5.41) is 6.92. The van der Waals surface area contributed by atoms with Gasteiger partial charge in [-0.15, -0.1) is 0 Å². The van der Waals surface area contributed by atoms with Crippen LogP contribution in [0.4, 0.5) is 0 Å². The third kappa shape index (κ3) is 5.03. The molecule has 118 valence electrons. The maximum Gasteiger partial charge on any atom is 0.191 e. The highest BCUT2D eigenvalue weighted by Gasteiger charge is 2.33. The molecule has 2 saturated carbocycles. The molecule has 2 N–H and O–H groups in total. The Labute approximate surface area is 129 Å². The molecule has 0 spiro atoms. The molecule has 4 heteroatoms. The number of nitrogens with one attached hydrogen (secondary N) is 2. The van der Waals surface area contributed by atoms with Crippen LogP contribution in [-0.2, 0) is 0 Å². The second-order valence-electron chi connectivity index (χ2n) is 6.71. The van der Waals surface area contributed by atoms with Crippen LogP contribution in [-0.4, -0.2) is 49.1 Å². The molecular formula is C17H30N4. The Hall–Kier alpha value is -1.03. The molecule has 0 radical (unpaired) electrons. The first-order valence-corrected chi connectivity index (χ1v) is 8.79. The molecule has 0 aromatic rings. The maximum absolute atomic E-state index is 4.78. The standard InChI is InChI=1S/C17H30N4/c1-2-18-17(20-15-5-3-4-6-15)19-11-12-21(16-9-10-16)13-14-7-8-14/h3-4,14-16H,2,5-13H2,1H3,(H2,18,19,20). The van der Waals surface area contributed by atoms with Crippen LogP contribution in [0.5, 0.6) is 0 Å². The Morgan fingerprint density at radius 1 is 1.19 bits per heavy atom. The van der Waals surface area contributed by atoms with Crippen molar-refractivity contribution in [2.75, 3.05) is 26.2 Å². The summed E-state index contributed by atoms with van der Waals surface area (Å²) in [6.45, 7) is 6.42. The maximum atomic E-state index is 4.78. The lowest BCUT2D eigenvalue weighted by Gasteiger charge is -2.21. The minimum Gasteiger partial charge on any atom is -0.357 e. The Balaban J connectivity index is 1.43. The molecule has 0 aromatic heterocycles.